The quantitative estimate of drug-likeness (QED) is 0.715. The van der Waals surface area contributed by atoms with Crippen molar-refractivity contribution < 1.29 is 4.74 Å². The summed E-state index contributed by atoms with van der Waals surface area (Å²) in [6.45, 7) is 6.42. The molecule has 0 bridgehead atoms. The fourth-order valence-corrected chi connectivity index (χ4v) is 1.93. The van der Waals surface area contributed by atoms with Gasteiger partial charge in [-0.05, 0) is 46.3 Å². The first-order valence-corrected chi connectivity index (χ1v) is 5.64. The highest BCUT2D eigenvalue weighted by molar-refractivity contribution is 4.70. The van der Waals surface area contributed by atoms with Crippen LogP contribution in [0.4, 0.5) is 0 Å². The highest BCUT2D eigenvalue weighted by atomic mass is 16.5. The van der Waals surface area contributed by atoms with Crippen molar-refractivity contribution in [2.45, 2.75) is 25.8 Å². The predicted molar refractivity (Wildman–Crippen MR) is 59.6 cm³/mol. The molecule has 1 rings (SSSR count). The third kappa shape index (κ3) is 4.94. The Kier molecular flexibility index (Phi) is 5.45. The molecule has 14 heavy (non-hydrogen) atoms. The molecule has 0 spiro atoms. The van der Waals surface area contributed by atoms with Crippen LogP contribution in [-0.2, 0) is 4.74 Å². The Bertz CT molecular complexity index is 144. The van der Waals surface area contributed by atoms with E-state index in [4.69, 9.17) is 4.74 Å². The Morgan fingerprint density at radius 1 is 1.36 bits per heavy atom. The van der Waals surface area contributed by atoms with E-state index in [0.29, 0.717) is 6.04 Å². The van der Waals surface area contributed by atoms with Gasteiger partial charge < -0.3 is 15.0 Å². The molecule has 0 aromatic rings. The summed E-state index contributed by atoms with van der Waals surface area (Å²) in [6, 6.07) is 0.591. The molecule has 3 heteroatoms. The van der Waals surface area contributed by atoms with Crippen molar-refractivity contribution >= 4 is 0 Å². The molecule has 1 fully saturated rings. The monoisotopic (exact) mass is 200 g/mol. The van der Waals surface area contributed by atoms with E-state index in [1.807, 2.05) is 0 Å². The zero-order chi connectivity index (χ0) is 10.4. The summed E-state index contributed by atoms with van der Waals surface area (Å²) in [7, 11) is 4.24. The van der Waals surface area contributed by atoms with Crippen LogP contribution in [0, 0.1) is 5.92 Å². The molecule has 1 unspecified atom stereocenters. The number of rotatable bonds is 5. The van der Waals surface area contributed by atoms with E-state index in [1.165, 1.54) is 12.8 Å². The van der Waals surface area contributed by atoms with Crippen LogP contribution in [0.2, 0.25) is 0 Å². The minimum absolute atomic E-state index is 0.591. The van der Waals surface area contributed by atoms with Gasteiger partial charge in [0.2, 0.25) is 0 Å². The number of ether oxygens (including phenoxy) is 1. The molecular formula is C11H24N2O. The number of hydrogen-bond donors (Lipinski definition) is 1. The lowest BCUT2D eigenvalue weighted by atomic mass is 10.0. The summed E-state index contributed by atoms with van der Waals surface area (Å²) in [5, 5.41) is 3.59. The Morgan fingerprint density at radius 2 is 2.00 bits per heavy atom. The molecule has 0 amide bonds. The van der Waals surface area contributed by atoms with E-state index in [0.717, 1.165) is 32.2 Å². The summed E-state index contributed by atoms with van der Waals surface area (Å²) in [6.07, 6.45) is 2.45. The number of nitrogens with zero attached hydrogens (tertiary/aromatic N) is 1. The molecule has 1 saturated heterocycles. The Hall–Kier alpha value is -0.120. The van der Waals surface area contributed by atoms with Crippen molar-refractivity contribution in [2.24, 2.45) is 5.92 Å². The molecule has 1 heterocycles. The zero-order valence-corrected chi connectivity index (χ0v) is 9.75. The van der Waals surface area contributed by atoms with Crippen LogP contribution >= 0.6 is 0 Å². The minimum Gasteiger partial charge on any atom is -0.381 e. The SMILES string of the molecule is CC(CN(C)C)NCC1CCOCC1. The maximum atomic E-state index is 5.34. The van der Waals surface area contributed by atoms with Gasteiger partial charge in [-0.2, -0.15) is 0 Å². The first-order chi connectivity index (χ1) is 6.68. The second-order valence-corrected chi connectivity index (χ2v) is 4.63. The van der Waals surface area contributed by atoms with Crippen LogP contribution in [0.1, 0.15) is 19.8 Å². The molecule has 84 valence electrons. The summed E-state index contributed by atoms with van der Waals surface area (Å²) < 4.78 is 5.34. The van der Waals surface area contributed by atoms with Crippen LogP contribution in [0.5, 0.6) is 0 Å². The van der Waals surface area contributed by atoms with E-state index in [9.17, 15) is 0 Å². The number of nitrogens with one attached hydrogen (secondary N) is 1. The lowest BCUT2D eigenvalue weighted by molar-refractivity contribution is 0.0653. The molecule has 1 atom stereocenters. The van der Waals surface area contributed by atoms with Gasteiger partial charge in [-0.1, -0.05) is 0 Å². The molecule has 0 aromatic heterocycles. The Morgan fingerprint density at radius 3 is 2.57 bits per heavy atom. The normalized spacial score (nSPS) is 21.4. The van der Waals surface area contributed by atoms with Crippen molar-refractivity contribution in [3.05, 3.63) is 0 Å². The highest BCUT2D eigenvalue weighted by Gasteiger charge is 2.14. The van der Waals surface area contributed by atoms with Gasteiger partial charge in [0.15, 0.2) is 0 Å². The molecule has 1 aliphatic heterocycles. The first kappa shape index (κ1) is 12.0. The number of hydrogen-bond acceptors (Lipinski definition) is 3. The first-order valence-electron chi connectivity index (χ1n) is 5.64. The molecule has 0 saturated carbocycles. The summed E-state index contributed by atoms with van der Waals surface area (Å²) >= 11 is 0. The Labute approximate surface area is 87.8 Å². The fraction of sp³-hybridized carbons (Fsp3) is 1.00. The third-order valence-electron chi connectivity index (χ3n) is 2.73. The van der Waals surface area contributed by atoms with Crippen LogP contribution in [0.3, 0.4) is 0 Å². The topological polar surface area (TPSA) is 24.5 Å². The molecule has 1 aliphatic rings. The highest BCUT2D eigenvalue weighted by Crippen LogP contribution is 2.13. The van der Waals surface area contributed by atoms with Crippen LogP contribution < -0.4 is 5.32 Å². The van der Waals surface area contributed by atoms with E-state index in [-0.39, 0.29) is 0 Å². The standard InChI is InChI=1S/C11H24N2O/c1-10(9-13(2)3)12-8-11-4-6-14-7-5-11/h10-12H,4-9H2,1-3H3. The van der Waals surface area contributed by atoms with E-state index in [2.05, 4.69) is 31.2 Å². The van der Waals surface area contributed by atoms with Crippen LogP contribution in [0.15, 0.2) is 0 Å². The average molecular weight is 200 g/mol. The van der Waals surface area contributed by atoms with Gasteiger partial charge in [0, 0.05) is 25.8 Å². The van der Waals surface area contributed by atoms with E-state index >= 15 is 0 Å². The largest absolute Gasteiger partial charge is 0.381 e. The van der Waals surface area contributed by atoms with Gasteiger partial charge in [0.1, 0.15) is 0 Å². The summed E-state index contributed by atoms with van der Waals surface area (Å²) in [5.41, 5.74) is 0. The van der Waals surface area contributed by atoms with Crippen molar-refractivity contribution in [2.75, 3.05) is 40.4 Å². The summed E-state index contributed by atoms with van der Waals surface area (Å²) in [5.74, 6) is 0.827. The smallest absolute Gasteiger partial charge is 0.0469 e. The average Bonchev–Trinajstić information content (AvgIpc) is 2.15. The minimum atomic E-state index is 0.591. The second kappa shape index (κ2) is 6.38. The van der Waals surface area contributed by atoms with Gasteiger partial charge in [-0.25, -0.2) is 0 Å². The lowest BCUT2D eigenvalue weighted by Gasteiger charge is -2.25. The molecule has 3 nitrogen and oxygen atoms in total. The molecular weight excluding hydrogens is 176 g/mol. The van der Waals surface area contributed by atoms with Gasteiger partial charge >= 0.3 is 0 Å². The van der Waals surface area contributed by atoms with Crippen LogP contribution in [0.25, 0.3) is 0 Å². The van der Waals surface area contributed by atoms with Gasteiger partial charge in [-0.3, -0.25) is 0 Å². The van der Waals surface area contributed by atoms with Crippen molar-refractivity contribution in [1.82, 2.24) is 10.2 Å². The third-order valence-corrected chi connectivity index (χ3v) is 2.73. The maximum Gasteiger partial charge on any atom is 0.0469 e. The Balaban J connectivity index is 2.06. The van der Waals surface area contributed by atoms with Gasteiger partial charge in [0.25, 0.3) is 0 Å². The van der Waals surface area contributed by atoms with Crippen molar-refractivity contribution in [1.29, 1.82) is 0 Å². The molecule has 0 radical (unpaired) electrons. The molecule has 0 aromatic carbocycles. The molecule has 0 aliphatic carbocycles. The van der Waals surface area contributed by atoms with E-state index in [1.54, 1.807) is 0 Å². The van der Waals surface area contributed by atoms with Crippen molar-refractivity contribution in [3.8, 4) is 0 Å². The van der Waals surface area contributed by atoms with Crippen molar-refractivity contribution in [3.63, 3.8) is 0 Å². The summed E-state index contributed by atoms with van der Waals surface area (Å²) in [4.78, 5) is 2.22. The second-order valence-electron chi connectivity index (χ2n) is 4.63. The van der Waals surface area contributed by atoms with Crippen LogP contribution in [-0.4, -0.2) is 51.3 Å². The lowest BCUT2D eigenvalue weighted by Crippen LogP contribution is -2.39. The predicted octanol–water partition coefficient (Wildman–Crippen LogP) is 0.953. The zero-order valence-electron chi connectivity index (χ0n) is 9.75. The number of likely N-dealkylation sites (N-methyl/N-ethyl adjacent to an activating group) is 1. The van der Waals surface area contributed by atoms with Gasteiger partial charge in [-0.15, -0.1) is 0 Å². The van der Waals surface area contributed by atoms with Gasteiger partial charge in [0.05, 0.1) is 0 Å². The van der Waals surface area contributed by atoms with E-state index < -0.39 is 0 Å². The maximum absolute atomic E-state index is 5.34. The fourth-order valence-electron chi connectivity index (χ4n) is 1.93. The molecule has 1 N–H and O–H groups in total.